The number of rotatable bonds is 7. The zero-order valence-corrected chi connectivity index (χ0v) is 16.0. The predicted octanol–water partition coefficient (Wildman–Crippen LogP) is 5.33. The molecule has 0 saturated heterocycles. The highest BCUT2D eigenvalue weighted by atomic mass is 19.4. The quantitative estimate of drug-likeness (QED) is 0.223. The first-order chi connectivity index (χ1) is 13.5. The molecule has 0 N–H and O–H groups in total. The van der Waals surface area contributed by atoms with E-state index in [0.717, 1.165) is 7.11 Å². The molecule has 1 rings (SSSR count). The lowest BCUT2D eigenvalue weighted by Gasteiger charge is -2.47. The average molecular weight is 460 g/mol. The van der Waals surface area contributed by atoms with E-state index in [0.29, 0.717) is 13.0 Å². The number of esters is 1. The van der Waals surface area contributed by atoms with Crippen molar-refractivity contribution in [3.63, 3.8) is 0 Å². The number of hydrogen-bond acceptors (Lipinski definition) is 4. The first-order valence-corrected chi connectivity index (χ1v) is 8.66. The molecule has 0 aromatic carbocycles. The summed E-state index contributed by atoms with van der Waals surface area (Å²) in [6.07, 6.45) is -19.7. The van der Waals surface area contributed by atoms with Gasteiger partial charge in [0, 0.05) is 25.0 Å². The van der Waals surface area contributed by atoms with E-state index in [4.69, 9.17) is 0 Å². The van der Waals surface area contributed by atoms with Crippen LogP contribution in [-0.2, 0) is 19.0 Å². The van der Waals surface area contributed by atoms with E-state index in [1.165, 1.54) is 0 Å². The van der Waals surface area contributed by atoms with Gasteiger partial charge in [0.05, 0.1) is 0 Å². The van der Waals surface area contributed by atoms with E-state index in [2.05, 4.69) is 20.8 Å². The second-order valence-electron chi connectivity index (χ2n) is 7.06. The average Bonchev–Trinajstić information content (AvgIpc) is 2.59. The molecule has 176 valence electrons. The van der Waals surface area contributed by atoms with Gasteiger partial charge in [-0.15, -0.1) is 0 Å². The van der Waals surface area contributed by atoms with Gasteiger partial charge in [0.15, 0.2) is 0 Å². The molecule has 13 heteroatoms. The summed E-state index contributed by atoms with van der Waals surface area (Å²) in [4.78, 5) is 11.3. The third-order valence-electron chi connectivity index (χ3n) is 5.37. The first kappa shape index (κ1) is 26.5. The second-order valence-corrected chi connectivity index (χ2v) is 7.06. The van der Waals surface area contributed by atoms with Gasteiger partial charge in [0.2, 0.25) is 5.60 Å². The van der Waals surface area contributed by atoms with Crippen molar-refractivity contribution < 1.29 is 58.5 Å². The van der Waals surface area contributed by atoms with Crippen LogP contribution in [0.15, 0.2) is 12.7 Å². The molecule has 4 nitrogen and oxygen atoms in total. The Morgan fingerprint density at radius 2 is 1.33 bits per heavy atom. The monoisotopic (exact) mass is 460 g/mol. The third kappa shape index (κ3) is 4.87. The van der Waals surface area contributed by atoms with E-state index in [9.17, 15) is 44.3 Å². The Morgan fingerprint density at radius 1 is 0.900 bits per heavy atom. The first-order valence-electron chi connectivity index (χ1n) is 8.66. The lowest BCUT2D eigenvalue weighted by Crippen LogP contribution is -2.64. The fourth-order valence-corrected chi connectivity index (χ4v) is 3.73. The molecule has 0 spiro atoms. The lowest BCUT2D eigenvalue weighted by molar-refractivity contribution is -0.411. The van der Waals surface area contributed by atoms with Gasteiger partial charge in [-0.1, -0.05) is 6.58 Å². The summed E-state index contributed by atoms with van der Waals surface area (Å²) >= 11 is 0. The van der Waals surface area contributed by atoms with Gasteiger partial charge >= 0.3 is 24.5 Å². The minimum absolute atomic E-state index is 0.479. The van der Waals surface area contributed by atoms with Crippen molar-refractivity contribution in [2.75, 3.05) is 13.9 Å². The van der Waals surface area contributed by atoms with Crippen LogP contribution < -0.4 is 0 Å². The minimum atomic E-state index is -5.90. The highest BCUT2D eigenvalue weighted by molar-refractivity contribution is 5.81. The maximum Gasteiger partial charge on any atom is 0.428 e. The van der Waals surface area contributed by atoms with Crippen LogP contribution in [0.3, 0.4) is 0 Å². The Bertz CT molecular complexity index is 590. The summed E-state index contributed by atoms with van der Waals surface area (Å²) in [5.41, 5.74) is -7.71. The summed E-state index contributed by atoms with van der Waals surface area (Å²) in [5.74, 6) is -5.18. The fraction of sp³-hybridized carbons (Fsp3) is 0.824. The molecule has 0 aliphatic heterocycles. The number of carbonyl (C=O) groups excluding carboxylic acids is 1. The van der Waals surface area contributed by atoms with Gasteiger partial charge in [-0.3, -0.25) is 0 Å². The van der Waals surface area contributed by atoms with Crippen molar-refractivity contribution in [2.45, 2.75) is 62.3 Å². The second kappa shape index (κ2) is 8.93. The van der Waals surface area contributed by atoms with Crippen molar-refractivity contribution in [2.24, 2.45) is 11.8 Å². The number of halogens is 9. The van der Waals surface area contributed by atoms with Crippen molar-refractivity contribution in [3.05, 3.63) is 12.7 Å². The van der Waals surface area contributed by atoms with Crippen LogP contribution in [0.5, 0.6) is 0 Å². The predicted molar refractivity (Wildman–Crippen MR) is 84.0 cm³/mol. The molecular weight excluding hydrogens is 439 g/mol. The molecule has 0 amide bonds. The van der Waals surface area contributed by atoms with Gasteiger partial charge in [0.1, 0.15) is 6.79 Å². The molecule has 1 unspecified atom stereocenters. The Morgan fingerprint density at radius 3 is 1.67 bits per heavy atom. The summed E-state index contributed by atoms with van der Waals surface area (Å²) < 4.78 is 135. The maximum absolute atomic E-state index is 13.6. The Hall–Kier alpha value is -1.50. The largest absolute Gasteiger partial charge is 0.446 e. The van der Waals surface area contributed by atoms with E-state index in [-0.39, 0.29) is 0 Å². The van der Waals surface area contributed by atoms with E-state index < -0.39 is 80.0 Å². The van der Waals surface area contributed by atoms with Gasteiger partial charge in [-0.2, -0.15) is 39.5 Å². The number of ether oxygens (including phenoxy) is 3. The molecule has 0 bridgehead atoms. The van der Waals surface area contributed by atoms with Crippen LogP contribution in [0, 0.1) is 11.8 Å². The molecule has 1 aliphatic carbocycles. The minimum Gasteiger partial charge on any atom is -0.446 e. The van der Waals surface area contributed by atoms with E-state index >= 15 is 0 Å². The zero-order valence-electron chi connectivity index (χ0n) is 16.0. The molecule has 0 radical (unpaired) electrons. The highest BCUT2D eigenvalue weighted by Crippen LogP contribution is 2.56. The van der Waals surface area contributed by atoms with Gasteiger partial charge in [0.25, 0.3) is 5.60 Å². The molecule has 1 saturated carbocycles. The highest BCUT2D eigenvalue weighted by Gasteiger charge is 2.76. The van der Waals surface area contributed by atoms with Crippen LogP contribution in [0.1, 0.15) is 32.6 Å². The van der Waals surface area contributed by atoms with Crippen molar-refractivity contribution in [3.8, 4) is 0 Å². The topological polar surface area (TPSA) is 44.8 Å². The summed E-state index contributed by atoms with van der Waals surface area (Å²) in [7, 11) is 0.830. The fourth-order valence-electron chi connectivity index (χ4n) is 3.73. The van der Waals surface area contributed by atoms with Crippen LogP contribution in [-0.4, -0.2) is 49.6 Å². The Kier molecular flexibility index (Phi) is 7.90. The molecule has 0 aromatic heterocycles. The van der Waals surface area contributed by atoms with Crippen LogP contribution in [0.25, 0.3) is 0 Å². The maximum atomic E-state index is 13.6. The lowest BCUT2D eigenvalue weighted by atomic mass is 9.68. The van der Waals surface area contributed by atoms with Crippen LogP contribution in [0.4, 0.5) is 39.5 Å². The Balaban J connectivity index is 3.24. The molecule has 1 fully saturated rings. The van der Waals surface area contributed by atoms with Gasteiger partial charge in [-0.25, -0.2) is 4.79 Å². The van der Waals surface area contributed by atoms with Crippen LogP contribution in [0.2, 0.25) is 0 Å². The summed E-state index contributed by atoms with van der Waals surface area (Å²) in [6.45, 7) is 2.18. The Labute approximate surface area is 166 Å². The molecule has 0 aromatic rings. The molecular formula is C17H21F9O4. The van der Waals surface area contributed by atoms with Gasteiger partial charge in [-0.05, 0) is 32.6 Å². The summed E-state index contributed by atoms with van der Waals surface area (Å²) in [6, 6.07) is 0. The van der Waals surface area contributed by atoms with Crippen molar-refractivity contribution in [1.82, 2.24) is 0 Å². The SMILES string of the molecule is C=CC(=O)OC(C)(C1CCC(C(OCOC)(C(F)(F)F)C(F)(F)F)CC1)C(F)(F)F. The standard InChI is InChI=1S/C17H21F9O4/c1-4-12(27)30-13(2,15(18,19)20)10-5-7-11(8-6-10)14(16(21,22)23,17(24,25)26)29-9-28-3/h4,10-11H,1,5-9H2,2-3H3. The van der Waals surface area contributed by atoms with Crippen molar-refractivity contribution in [1.29, 1.82) is 0 Å². The zero-order chi connectivity index (χ0) is 23.6. The molecule has 30 heavy (non-hydrogen) atoms. The van der Waals surface area contributed by atoms with Crippen LogP contribution >= 0.6 is 0 Å². The number of alkyl halides is 9. The van der Waals surface area contributed by atoms with Crippen molar-refractivity contribution >= 4 is 5.97 Å². The number of methoxy groups -OCH3 is 1. The number of carbonyl (C=O) groups is 1. The number of hydrogen-bond donors (Lipinski definition) is 0. The van der Waals surface area contributed by atoms with E-state index in [1.54, 1.807) is 0 Å². The van der Waals surface area contributed by atoms with E-state index in [1.807, 2.05) is 0 Å². The molecule has 1 atom stereocenters. The molecule has 0 heterocycles. The molecule has 1 aliphatic rings. The third-order valence-corrected chi connectivity index (χ3v) is 5.37. The summed E-state index contributed by atoms with van der Waals surface area (Å²) in [5, 5.41) is 0. The normalized spacial score (nSPS) is 23.6. The smallest absolute Gasteiger partial charge is 0.428 e. The van der Waals surface area contributed by atoms with Gasteiger partial charge < -0.3 is 14.2 Å².